The molecule has 0 radical (unpaired) electrons. The summed E-state index contributed by atoms with van der Waals surface area (Å²) < 4.78 is 5.78. The Labute approximate surface area is 120 Å². The molecule has 104 valence electrons. The number of carboxylic acids is 1. The molecule has 0 bridgehead atoms. The monoisotopic (exact) mass is 280 g/mol. The van der Waals surface area contributed by atoms with Crippen molar-refractivity contribution in [2.45, 2.75) is 0 Å². The van der Waals surface area contributed by atoms with Gasteiger partial charge in [-0.25, -0.2) is 9.78 Å². The number of ether oxygens (including phenoxy) is 1. The number of carboxylic acid groups (broad SMARTS) is 1. The van der Waals surface area contributed by atoms with Crippen molar-refractivity contribution in [3.05, 3.63) is 60.4 Å². The first kappa shape index (κ1) is 12.9. The number of nitrogens with zero attached hydrogens (tertiary/aromatic N) is 1. The van der Waals surface area contributed by atoms with Gasteiger partial charge in [0, 0.05) is 28.7 Å². The molecule has 21 heavy (non-hydrogen) atoms. The predicted molar refractivity (Wildman–Crippen MR) is 79.6 cm³/mol. The van der Waals surface area contributed by atoms with Gasteiger partial charge >= 0.3 is 5.97 Å². The Bertz CT molecular complexity index is 831. The van der Waals surface area contributed by atoms with Crippen LogP contribution in [0.2, 0.25) is 0 Å². The minimum atomic E-state index is -1.09. The van der Waals surface area contributed by atoms with Gasteiger partial charge in [-0.3, -0.25) is 0 Å². The van der Waals surface area contributed by atoms with Crippen LogP contribution in [0.5, 0.6) is 11.5 Å². The van der Waals surface area contributed by atoms with Gasteiger partial charge in [-0.15, -0.1) is 0 Å². The number of aromatic nitrogens is 1. The largest absolute Gasteiger partial charge is 0.477 e. The molecular formula is C16H12N2O3. The van der Waals surface area contributed by atoms with Crippen molar-refractivity contribution in [2.24, 2.45) is 0 Å². The number of hydrogen-bond donors (Lipinski definition) is 2. The van der Waals surface area contributed by atoms with E-state index >= 15 is 0 Å². The van der Waals surface area contributed by atoms with Gasteiger partial charge in [0.25, 0.3) is 0 Å². The summed E-state index contributed by atoms with van der Waals surface area (Å²) >= 11 is 0. The van der Waals surface area contributed by atoms with E-state index in [4.69, 9.17) is 15.6 Å². The Kier molecular flexibility index (Phi) is 3.16. The highest BCUT2D eigenvalue weighted by Gasteiger charge is 2.09. The fourth-order valence-electron chi connectivity index (χ4n) is 2.10. The maximum atomic E-state index is 10.9. The van der Waals surface area contributed by atoms with Crippen LogP contribution in [0, 0.1) is 0 Å². The van der Waals surface area contributed by atoms with E-state index in [2.05, 4.69) is 4.98 Å². The van der Waals surface area contributed by atoms with Gasteiger partial charge in [-0.05, 0) is 18.2 Å². The third-order valence-electron chi connectivity index (χ3n) is 3.10. The van der Waals surface area contributed by atoms with E-state index in [1.165, 1.54) is 12.3 Å². The maximum Gasteiger partial charge on any atom is 0.354 e. The number of nitrogens with two attached hydrogens (primary N) is 1. The van der Waals surface area contributed by atoms with Crippen molar-refractivity contribution < 1.29 is 14.6 Å². The SMILES string of the molecule is Nc1ccc(Oc2ccnc(C(=O)O)c2)c2ccccc12. The van der Waals surface area contributed by atoms with Crippen LogP contribution in [0.4, 0.5) is 5.69 Å². The average molecular weight is 280 g/mol. The van der Waals surface area contributed by atoms with Crippen molar-refractivity contribution in [2.75, 3.05) is 5.73 Å². The molecule has 0 atom stereocenters. The summed E-state index contributed by atoms with van der Waals surface area (Å²) in [6.45, 7) is 0. The number of aromatic carboxylic acids is 1. The summed E-state index contributed by atoms with van der Waals surface area (Å²) in [5.74, 6) is -0.0673. The van der Waals surface area contributed by atoms with E-state index in [0.717, 1.165) is 10.8 Å². The van der Waals surface area contributed by atoms with Crippen molar-refractivity contribution in [1.82, 2.24) is 4.98 Å². The molecular weight excluding hydrogens is 268 g/mol. The van der Waals surface area contributed by atoms with E-state index in [1.54, 1.807) is 18.2 Å². The Hall–Kier alpha value is -3.08. The van der Waals surface area contributed by atoms with Gasteiger partial charge in [0.1, 0.15) is 11.5 Å². The number of hydrogen-bond acceptors (Lipinski definition) is 4. The molecule has 0 spiro atoms. The lowest BCUT2D eigenvalue weighted by Crippen LogP contribution is -1.99. The van der Waals surface area contributed by atoms with E-state index < -0.39 is 5.97 Å². The molecule has 0 aliphatic heterocycles. The summed E-state index contributed by atoms with van der Waals surface area (Å²) in [6.07, 6.45) is 1.40. The van der Waals surface area contributed by atoms with E-state index in [0.29, 0.717) is 17.2 Å². The number of anilines is 1. The third kappa shape index (κ3) is 2.49. The van der Waals surface area contributed by atoms with Crippen molar-refractivity contribution in [3.63, 3.8) is 0 Å². The molecule has 0 saturated heterocycles. The predicted octanol–water partition coefficient (Wildman–Crippen LogP) is 3.31. The molecule has 3 rings (SSSR count). The van der Waals surface area contributed by atoms with Crippen molar-refractivity contribution >= 4 is 22.4 Å². The minimum absolute atomic E-state index is 0.0627. The molecule has 0 aliphatic rings. The fourth-order valence-corrected chi connectivity index (χ4v) is 2.10. The molecule has 0 unspecified atom stereocenters. The Balaban J connectivity index is 2.04. The summed E-state index contributed by atoms with van der Waals surface area (Å²) in [6, 6.07) is 14.1. The molecule has 2 aromatic carbocycles. The van der Waals surface area contributed by atoms with Gasteiger partial charge in [0.05, 0.1) is 0 Å². The molecule has 3 N–H and O–H groups in total. The van der Waals surface area contributed by atoms with E-state index in [-0.39, 0.29) is 5.69 Å². The number of rotatable bonds is 3. The van der Waals surface area contributed by atoms with Crippen molar-refractivity contribution in [1.29, 1.82) is 0 Å². The van der Waals surface area contributed by atoms with Crippen LogP contribution in [0.3, 0.4) is 0 Å². The molecule has 0 saturated carbocycles. The van der Waals surface area contributed by atoms with Crippen LogP contribution < -0.4 is 10.5 Å². The first-order valence-corrected chi connectivity index (χ1v) is 6.29. The van der Waals surface area contributed by atoms with Crippen LogP contribution in [0.25, 0.3) is 10.8 Å². The van der Waals surface area contributed by atoms with E-state index in [1.807, 2.05) is 24.3 Å². The first-order valence-electron chi connectivity index (χ1n) is 6.29. The van der Waals surface area contributed by atoms with Crippen LogP contribution in [0.1, 0.15) is 10.5 Å². The fraction of sp³-hybridized carbons (Fsp3) is 0. The number of pyridine rings is 1. The maximum absolute atomic E-state index is 10.9. The summed E-state index contributed by atoms with van der Waals surface area (Å²) in [4.78, 5) is 14.7. The second kappa shape index (κ2) is 5.13. The summed E-state index contributed by atoms with van der Waals surface area (Å²) in [5.41, 5.74) is 6.54. The zero-order valence-corrected chi connectivity index (χ0v) is 11.0. The highest BCUT2D eigenvalue weighted by molar-refractivity contribution is 5.97. The third-order valence-corrected chi connectivity index (χ3v) is 3.10. The van der Waals surface area contributed by atoms with Gasteiger partial charge < -0.3 is 15.6 Å². The second-order valence-electron chi connectivity index (χ2n) is 4.48. The van der Waals surface area contributed by atoms with Gasteiger partial charge in [0.2, 0.25) is 0 Å². The number of carbonyl (C=O) groups is 1. The Morgan fingerprint density at radius 2 is 1.86 bits per heavy atom. The molecule has 0 fully saturated rings. The van der Waals surface area contributed by atoms with E-state index in [9.17, 15) is 4.79 Å². The smallest absolute Gasteiger partial charge is 0.354 e. The lowest BCUT2D eigenvalue weighted by molar-refractivity contribution is 0.0690. The zero-order valence-electron chi connectivity index (χ0n) is 11.0. The topological polar surface area (TPSA) is 85.4 Å². The highest BCUT2D eigenvalue weighted by Crippen LogP contribution is 2.33. The average Bonchev–Trinajstić information content (AvgIpc) is 2.51. The molecule has 5 heteroatoms. The molecule has 1 heterocycles. The van der Waals surface area contributed by atoms with Crippen LogP contribution in [0.15, 0.2) is 54.7 Å². The first-order chi connectivity index (χ1) is 10.1. The van der Waals surface area contributed by atoms with Crippen LogP contribution in [-0.4, -0.2) is 16.1 Å². The molecule has 1 aromatic heterocycles. The van der Waals surface area contributed by atoms with Gasteiger partial charge in [-0.2, -0.15) is 0 Å². The second-order valence-corrected chi connectivity index (χ2v) is 4.48. The number of fused-ring (bicyclic) bond motifs is 1. The quantitative estimate of drug-likeness (QED) is 0.719. The Morgan fingerprint density at radius 3 is 2.62 bits per heavy atom. The summed E-state index contributed by atoms with van der Waals surface area (Å²) in [5, 5.41) is 10.7. The lowest BCUT2D eigenvalue weighted by Gasteiger charge is -2.10. The standard InChI is InChI=1S/C16H12N2O3/c17-13-5-6-15(12-4-2-1-3-11(12)13)21-10-7-8-18-14(9-10)16(19)20/h1-9H,17H2,(H,19,20). The molecule has 0 aliphatic carbocycles. The lowest BCUT2D eigenvalue weighted by atomic mass is 10.1. The van der Waals surface area contributed by atoms with Gasteiger partial charge in [0.15, 0.2) is 5.69 Å². The number of benzene rings is 2. The van der Waals surface area contributed by atoms with Crippen LogP contribution >= 0.6 is 0 Å². The number of nitrogen functional groups attached to an aromatic ring is 1. The normalized spacial score (nSPS) is 10.5. The van der Waals surface area contributed by atoms with Crippen molar-refractivity contribution in [3.8, 4) is 11.5 Å². The highest BCUT2D eigenvalue weighted by atomic mass is 16.5. The molecule has 3 aromatic rings. The molecule has 0 amide bonds. The minimum Gasteiger partial charge on any atom is -0.477 e. The van der Waals surface area contributed by atoms with Crippen LogP contribution in [-0.2, 0) is 0 Å². The molecule has 5 nitrogen and oxygen atoms in total. The Morgan fingerprint density at radius 1 is 1.10 bits per heavy atom. The van der Waals surface area contributed by atoms with Gasteiger partial charge in [-0.1, -0.05) is 24.3 Å². The summed E-state index contributed by atoms with van der Waals surface area (Å²) in [7, 11) is 0. The zero-order chi connectivity index (χ0) is 14.8.